The molecule has 0 aromatic heterocycles. The number of aryl methyl sites for hydroxylation is 1. The van der Waals surface area contributed by atoms with Crippen LogP contribution in [0.15, 0.2) is 48.5 Å². The molecule has 0 aliphatic carbocycles. The van der Waals surface area contributed by atoms with Gasteiger partial charge in [-0.2, -0.15) is 36.9 Å². The predicted molar refractivity (Wildman–Crippen MR) is 131 cm³/mol. The van der Waals surface area contributed by atoms with Gasteiger partial charge in [0.1, 0.15) is 0 Å². The van der Waals surface area contributed by atoms with Gasteiger partial charge in [0.25, 0.3) is 0 Å². The summed E-state index contributed by atoms with van der Waals surface area (Å²) in [6.07, 6.45) is -9.54. The second-order valence-corrected chi connectivity index (χ2v) is 8.26. The van der Waals surface area contributed by atoms with Crippen LogP contribution in [0, 0.1) is 59.8 Å². The first-order valence-corrected chi connectivity index (χ1v) is 11.1. The molecule has 3 aromatic carbocycles. The summed E-state index contributed by atoms with van der Waals surface area (Å²) in [5.41, 5.74) is -0.774. The lowest BCUT2D eigenvalue weighted by molar-refractivity contribution is -0.138. The lowest BCUT2D eigenvalue weighted by Crippen LogP contribution is -2.05. The Balaban J connectivity index is 2.15. The normalized spacial score (nSPS) is 10.7. The zero-order chi connectivity index (χ0) is 28.8. The SMILES string of the molecule is [C-]#[N+]c1ccc(C#Cc2cc(C#Cc3cc(C)cc(C(F)(F)F)c3)c(CC#N)cc2CC#N)cc1C(F)(F)F. The first-order valence-electron chi connectivity index (χ1n) is 11.1. The van der Waals surface area contributed by atoms with Gasteiger partial charge in [-0.15, -0.1) is 0 Å². The van der Waals surface area contributed by atoms with Crippen LogP contribution in [0.2, 0.25) is 0 Å². The van der Waals surface area contributed by atoms with Crippen molar-refractivity contribution in [3.05, 3.63) is 110 Å². The molecule has 3 nitrogen and oxygen atoms in total. The van der Waals surface area contributed by atoms with Crippen molar-refractivity contribution in [3.63, 3.8) is 0 Å². The Kier molecular flexibility index (Phi) is 8.36. The Morgan fingerprint density at radius 1 is 0.718 bits per heavy atom. The van der Waals surface area contributed by atoms with Crippen LogP contribution in [0.25, 0.3) is 4.85 Å². The molecule has 0 atom stereocenters. The van der Waals surface area contributed by atoms with Crippen LogP contribution in [-0.4, -0.2) is 0 Å². The summed E-state index contributed by atoms with van der Waals surface area (Å²) >= 11 is 0. The first kappa shape index (κ1) is 28.4. The molecule has 0 radical (unpaired) electrons. The maximum absolute atomic E-state index is 13.3. The molecule has 0 aliphatic rings. The van der Waals surface area contributed by atoms with Crippen molar-refractivity contribution >= 4 is 5.69 Å². The van der Waals surface area contributed by atoms with Crippen molar-refractivity contribution in [3.8, 4) is 35.8 Å². The van der Waals surface area contributed by atoms with E-state index in [4.69, 9.17) is 6.57 Å². The largest absolute Gasteiger partial charge is 0.416 e. The third-order valence-corrected chi connectivity index (χ3v) is 5.38. The first-order chi connectivity index (χ1) is 18.3. The Labute approximate surface area is 220 Å². The summed E-state index contributed by atoms with van der Waals surface area (Å²) < 4.78 is 79.6. The Hall–Kier alpha value is -5.17. The van der Waals surface area contributed by atoms with Gasteiger partial charge in [0.05, 0.1) is 42.7 Å². The van der Waals surface area contributed by atoms with Crippen molar-refractivity contribution in [2.24, 2.45) is 0 Å². The van der Waals surface area contributed by atoms with Crippen molar-refractivity contribution in [1.29, 1.82) is 10.5 Å². The molecule has 3 rings (SSSR count). The second kappa shape index (κ2) is 11.5. The number of halogens is 6. The van der Waals surface area contributed by atoms with Crippen LogP contribution in [0.1, 0.15) is 50.1 Å². The van der Waals surface area contributed by atoms with E-state index >= 15 is 0 Å². The molecular formula is C30H15F6N3. The number of nitriles is 2. The van der Waals surface area contributed by atoms with E-state index in [9.17, 15) is 36.9 Å². The van der Waals surface area contributed by atoms with Crippen molar-refractivity contribution in [1.82, 2.24) is 0 Å². The van der Waals surface area contributed by atoms with Gasteiger partial charge >= 0.3 is 12.4 Å². The average Bonchev–Trinajstić information content (AvgIpc) is 2.86. The zero-order valence-corrected chi connectivity index (χ0v) is 20.1. The highest BCUT2D eigenvalue weighted by Crippen LogP contribution is 2.37. The average molecular weight is 531 g/mol. The van der Waals surface area contributed by atoms with Gasteiger partial charge in [-0.25, -0.2) is 4.85 Å². The smallest absolute Gasteiger partial charge is 0.238 e. The number of alkyl halides is 6. The Morgan fingerprint density at radius 3 is 1.82 bits per heavy atom. The molecule has 0 aliphatic heterocycles. The molecule has 0 spiro atoms. The molecule has 192 valence electrons. The minimum atomic E-state index is -4.76. The Bertz CT molecular complexity index is 1690. The summed E-state index contributed by atoms with van der Waals surface area (Å²) in [4.78, 5) is 2.89. The summed E-state index contributed by atoms with van der Waals surface area (Å²) in [6.45, 7) is 8.45. The lowest BCUT2D eigenvalue weighted by atomic mass is 9.95. The molecular weight excluding hydrogens is 516 g/mol. The maximum Gasteiger partial charge on any atom is 0.416 e. The van der Waals surface area contributed by atoms with E-state index in [-0.39, 0.29) is 35.1 Å². The predicted octanol–water partition coefficient (Wildman–Crippen LogP) is 7.52. The van der Waals surface area contributed by atoms with E-state index in [1.807, 2.05) is 12.1 Å². The highest BCUT2D eigenvalue weighted by molar-refractivity contribution is 5.60. The van der Waals surface area contributed by atoms with E-state index in [0.717, 1.165) is 24.3 Å². The molecule has 39 heavy (non-hydrogen) atoms. The summed E-state index contributed by atoms with van der Waals surface area (Å²) in [7, 11) is 0. The molecule has 0 unspecified atom stereocenters. The fraction of sp³-hybridized carbons (Fsp3) is 0.167. The van der Waals surface area contributed by atoms with Crippen LogP contribution < -0.4 is 0 Å². The van der Waals surface area contributed by atoms with E-state index in [1.54, 1.807) is 0 Å². The van der Waals surface area contributed by atoms with Crippen LogP contribution in [0.5, 0.6) is 0 Å². The monoisotopic (exact) mass is 531 g/mol. The third-order valence-electron chi connectivity index (χ3n) is 5.38. The van der Waals surface area contributed by atoms with Gasteiger partial charge in [-0.05, 0) is 53.9 Å². The quantitative estimate of drug-likeness (QED) is 0.195. The minimum Gasteiger partial charge on any atom is -0.238 e. The number of rotatable bonds is 2. The van der Waals surface area contributed by atoms with Crippen molar-refractivity contribution in [2.45, 2.75) is 32.1 Å². The molecule has 9 heteroatoms. The standard InChI is InChI=1S/C30H15F6N3/c1-19-13-21(15-26(14-19)29(31,32)33)4-7-23-17-22(24(9-11-37)18-25(23)10-12-38)6-3-20-5-8-28(39-2)27(16-20)30(34,35)36/h5,8,13-18H,9-10H2,1H3. The number of hydrogen-bond acceptors (Lipinski definition) is 2. The summed E-state index contributed by atoms with van der Waals surface area (Å²) in [5.74, 6) is 10.8. The molecule has 0 N–H and O–H groups in total. The molecule has 0 fully saturated rings. The molecule has 0 saturated carbocycles. The maximum atomic E-state index is 13.3. The van der Waals surface area contributed by atoms with E-state index in [1.165, 1.54) is 31.2 Å². The van der Waals surface area contributed by atoms with E-state index < -0.39 is 29.2 Å². The minimum absolute atomic E-state index is 0.0224. The topological polar surface area (TPSA) is 51.9 Å². The van der Waals surface area contributed by atoms with E-state index in [2.05, 4.69) is 28.5 Å². The molecule has 3 aromatic rings. The number of nitrogens with zero attached hydrogens (tertiary/aromatic N) is 3. The van der Waals surface area contributed by atoms with Crippen LogP contribution in [0.3, 0.4) is 0 Å². The van der Waals surface area contributed by atoms with Crippen LogP contribution in [0.4, 0.5) is 32.0 Å². The van der Waals surface area contributed by atoms with Gasteiger partial charge in [0.15, 0.2) is 5.69 Å². The fourth-order valence-corrected chi connectivity index (χ4v) is 3.63. The van der Waals surface area contributed by atoms with Gasteiger partial charge in [0.2, 0.25) is 0 Å². The van der Waals surface area contributed by atoms with Gasteiger partial charge in [0, 0.05) is 22.3 Å². The van der Waals surface area contributed by atoms with Gasteiger partial charge < -0.3 is 0 Å². The highest BCUT2D eigenvalue weighted by Gasteiger charge is 2.33. The zero-order valence-electron chi connectivity index (χ0n) is 20.1. The molecule has 0 heterocycles. The van der Waals surface area contributed by atoms with Crippen LogP contribution >= 0.6 is 0 Å². The van der Waals surface area contributed by atoms with Crippen molar-refractivity contribution in [2.75, 3.05) is 0 Å². The van der Waals surface area contributed by atoms with Gasteiger partial charge in [-0.3, -0.25) is 0 Å². The summed E-state index contributed by atoms with van der Waals surface area (Å²) in [5, 5.41) is 18.5. The van der Waals surface area contributed by atoms with Crippen LogP contribution in [-0.2, 0) is 25.2 Å². The lowest BCUT2D eigenvalue weighted by Gasteiger charge is -2.09. The highest BCUT2D eigenvalue weighted by atomic mass is 19.4. The number of hydrogen-bond donors (Lipinski definition) is 0. The second-order valence-electron chi connectivity index (χ2n) is 8.26. The Morgan fingerprint density at radius 2 is 1.31 bits per heavy atom. The molecule has 0 bridgehead atoms. The molecule has 0 saturated heterocycles. The third kappa shape index (κ3) is 7.20. The fourth-order valence-electron chi connectivity index (χ4n) is 3.63. The van der Waals surface area contributed by atoms with Gasteiger partial charge in [-0.1, -0.05) is 41.9 Å². The van der Waals surface area contributed by atoms with E-state index in [0.29, 0.717) is 16.7 Å². The summed E-state index contributed by atoms with van der Waals surface area (Å²) in [6, 6.07) is 13.3. The molecule has 0 amide bonds. The number of benzene rings is 3. The van der Waals surface area contributed by atoms with Crippen molar-refractivity contribution < 1.29 is 26.3 Å².